The monoisotopic (exact) mass is 287 g/mol. The number of rotatable bonds is 6. The first-order valence-corrected chi connectivity index (χ1v) is 5.66. The van der Waals surface area contributed by atoms with Crippen LogP contribution >= 0.6 is 11.6 Å². The molecular formula is C11H10ClNO6. The average Bonchev–Trinajstić information content (AvgIpc) is 2.37. The minimum atomic E-state index is -1.80. The molecule has 1 rings (SSSR count). The Balaban J connectivity index is 3.21. The molecule has 0 heterocycles. The van der Waals surface area contributed by atoms with Crippen LogP contribution in [0.15, 0.2) is 18.2 Å². The largest absolute Gasteiger partial charge is 0.479 e. The summed E-state index contributed by atoms with van der Waals surface area (Å²) in [5.41, 5.74) is -0.330. The van der Waals surface area contributed by atoms with Crippen LogP contribution in [0.2, 0.25) is 0 Å². The van der Waals surface area contributed by atoms with Crippen LogP contribution in [-0.2, 0) is 16.0 Å². The molecule has 0 amide bonds. The molecule has 102 valence electrons. The predicted octanol–water partition coefficient (Wildman–Crippen LogP) is 1.06. The number of nitrogens with zero attached hydrogens (tertiary/aromatic N) is 1. The molecule has 1 aromatic carbocycles. The molecule has 2 N–H and O–H groups in total. The minimum Gasteiger partial charge on any atom is -0.479 e. The number of nitro benzene ring substituents is 1. The van der Waals surface area contributed by atoms with E-state index in [0.717, 1.165) is 18.2 Å². The second-order valence-electron chi connectivity index (χ2n) is 3.74. The molecule has 0 bridgehead atoms. The molecule has 1 atom stereocenters. The summed E-state index contributed by atoms with van der Waals surface area (Å²) >= 11 is 5.32. The fourth-order valence-electron chi connectivity index (χ4n) is 1.50. The van der Waals surface area contributed by atoms with Gasteiger partial charge in [-0.1, -0.05) is 0 Å². The van der Waals surface area contributed by atoms with Gasteiger partial charge in [-0.25, -0.2) is 4.79 Å². The van der Waals surface area contributed by atoms with Crippen molar-refractivity contribution >= 4 is 29.0 Å². The Morgan fingerprint density at radius 2 is 2.05 bits per heavy atom. The number of carbonyl (C=O) groups excluding carboxylic acids is 1. The Morgan fingerprint density at radius 1 is 1.42 bits per heavy atom. The molecule has 0 fully saturated rings. The molecule has 7 nitrogen and oxygen atoms in total. The van der Waals surface area contributed by atoms with Crippen LogP contribution in [-0.4, -0.2) is 32.8 Å². The van der Waals surface area contributed by atoms with Crippen molar-refractivity contribution in [2.45, 2.75) is 12.5 Å². The zero-order valence-corrected chi connectivity index (χ0v) is 10.3. The lowest BCUT2D eigenvalue weighted by molar-refractivity contribution is -0.385. The Morgan fingerprint density at radius 3 is 2.53 bits per heavy atom. The van der Waals surface area contributed by atoms with Crippen LogP contribution in [0.5, 0.6) is 0 Å². The molecule has 0 saturated heterocycles. The zero-order chi connectivity index (χ0) is 14.6. The number of halogens is 1. The van der Waals surface area contributed by atoms with Gasteiger partial charge in [-0.15, -0.1) is 11.6 Å². The maximum absolute atomic E-state index is 11.2. The van der Waals surface area contributed by atoms with Gasteiger partial charge >= 0.3 is 5.97 Å². The van der Waals surface area contributed by atoms with E-state index in [1.807, 2.05) is 0 Å². The number of benzene rings is 1. The molecule has 0 aliphatic rings. The first-order valence-electron chi connectivity index (χ1n) is 5.12. The number of hydrogen-bond acceptors (Lipinski definition) is 5. The Hall–Kier alpha value is -1.99. The number of alkyl halides is 1. The Bertz CT molecular complexity index is 530. The van der Waals surface area contributed by atoms with E-state index in [-0.39, 0.29) is 29.1 Å². The lowest BCUT2D eigenvalue weighted by Crippen LogP contribution is -2.12. The van der Waals surface area contributed by atoms with Crippen molar-refractivity contribution in [1.82, 2.24) is 0 Å². The standard InChI is InChI=1S/C11H10ClNO6/c12-5-8(14)4-7-3-6(10(15)11(16)17)1-2-9(7)13(18)19/h1-3,10,15H,4-5H2,(H,16,17). The summed E-state index contributed by atoms with van der Waals surface area (Å²) in [6.07, 6.45) is -2.09. The fraction of sp³-hybridized carbons (Fsp3) is 0.273. The number of aliphatic hydroxyl groups excluding tert-OH is 1. The lowest BCUT2D eigenvalue weighted by atomic mass is 10.0. The molecule has 0 saturated carbocycles. The quantitative estimate of drug-likeness (QED) is 0.459. The summed E-state index contributed by atoms with van der Waals surface area (Å²) in [7, 11) is 0. The third-order valence-electron chi connectivity index (χ3n) is 2.39. The van der Waals surface area contributed by atoms with Crippen molar-refractivity contribution in [2.24, 2.45) is 0 Å². The maximum atomic E-state index is 11.2. The summed E-state index contributed by atoms with van der Waals surface area (Å²) in [4.78, 5) is 32.0. The number of carbonyl (C=O) groups is 2. The van der Waals surface area contributed by atoms with Crippen LogP contribution in [0.25, 0.3) is 0 Å². The maximum Gasteiger partial charge on any atom is 0.337 e. The number of hydrogen-bond donors (Lipinski definition) is 2. The Labute approximate surface area is 112 Å². The molecule has 0 aromatic heterocycles. The molecule has 19 heavy (non-hydrogen) atoms. The zero-order valence-electron chi connectivity index (χ0n) is 9.58. The van der Waals surface area contributed by atoms with Gasteiger partial charge < -0.3 is 10.2 Å². The van der Waals surface area contributed by atoms with Crippen molar-refractivity contribution in [3.8, 4) is 0 Å². The third kappa shape index (κ3) is 3.73. The van der Waals surface area contributed by atoms with Crippen LogP contribution in [0.3, 0.4) is 0 Å². The summed E-state index contributed by atoms with van der Waals surface area (Å²) in [6.45, 7) is 0. The summed E-state index contributed by atoms with van der Waals surface area (Å²) in [5.74, 6) is -2.22. The highest BCUT2D eigenvalue weighted by Crippen LogP contribution is 2.24. The van der Waals surface area contributed by atoms with Crippen LogP contribution < -0.4 is 0 Å². The van der Waals surface area contributed by atoms with E-state index in [9.17, 15) is 24.8 Å². The molecule has 0 aliphatic carbocycles. The molecule has 1 aromatic rings. The lowest BCUT2D eigenvalue weighted by Gasteiger charge is -2.08. The average molecular weight is 288 g/mol. The Kier molecular flexibility index (Phi) is 4.96. The highest BCUT2D eigenvalue weighted by molar-refractivity contribution is 6.27. The van der Waals surface area contributed by atoms with E-state index in [1.54, 1.807) is 0 Å². The normalized spacial score (nSPS) is 11.9. The highest BCUT2D eigenvalue weighted by atomic mass is 35.5. The first-order chi connectivity index (χ1) is 8.86. The van der Waals surface area contributed by atoms with Gasteiger partial charge in [0.2, 0.25) is 0 Å². The summed E-state index contributed by atoms with van der Waals surface area (Å²) in [5, 5.41) is 28.8. The van der Waals surface area contributed by atoms with Crippen molar-refractivity contribution in [1.29, 1.82) is 0 Å². The second-order valence-corrected chi connectivity index (χ2v) is 4.00. The van der Waals surface area contributed by atoms with E-state index in [2.05, 4.69) is 0 Å². The van der Waals surface area contributed by atoms with E-state index < -0.39 is 22.8 Å². The van der Waals surface area contributed by atoms with Gasteiger partial charge in [-0.2, -0.15) is 0 Å². The van der Waals surface area contributed by atoms with Crippen LogP contribution in [0, 0.1) is 10.1 Å². The van der Waals surface area contributed by atoms with Crippen molar-refractivity contribution in [3.05, 3.63) is 39.4 Å². The molecule has 0 radical (unpaired) electrons. The number of nitro groups is 1. The SMILES string of the molecule is O=C(CCl)Cc1cc(C(O)C(=O)O)ccc1[N+](=O)[O-]. The van der Waals surface area contributed by atoms with Crippen molar-refractivity contribution in [2.75, 3.05) is 5.88 Å². The van der Waals surface area contributed by atoms with Gasteiger partial charge in [-0.3, -0.25) is 14.9 Å². The second kappa shape index (κ2) is 6.26. The molecule has 0 aliphatic heterocycles. The predicted molar refractivity (Wildman–Crippen MR) is 65.1 cm³/mol. The number of carboxylic acids is 1. The number of Topliss-reactive ketones (excluding diaryl/α,β-unsaturated/α-hetero) is 1. The minimum absolute atomic E-state index is 0.0217. The van der Waals surface area contributed by atoms with Crippen molar-refractivity contribution < 1.29 is 24.7 Å². The topological polar surface area (TPSA) is 118 Å². The van der Waals surface area contributed by atoms with Crippen molar-refractivity contribution in [3.63, 3.8) is 0 Å². The fourth-order valence-corrected chi connectivity index (χ4v) is 1.59. The first kappa shape index (κ1) is 15.1. The van der Waals surface area contributed by atoms with Gasteiger partial charge in [0.25, 0.3) is 5.69 Å². The summed E-state index contributed by atoms with van der Waals surface area (Å²) < 4.78 is 0. The molecule has 1 unspecified atom stereocenters. The smallest absolute Gasteiger partial charge is 0.337 e. The van der Waals surface area contributed by atoms with Gasteiger partial charge in [0, 0.05) is 18.1 Å². The van der Waals surface area contributed by atoms with Gasteiger partial charge in [-0.05, 0) is 17.7 Å². The van der Waals surface area contributed by atoms with Gasteiger partial charge in [0.05, 0.1) is 10.8 Å². The van der Waals surface area contributed by atoms with Crippen LogP contribution in [0.1, 0.15) is 17.2 Å². The molecule has 0 spiro atoms. The number of carboxylic acid groups (broad SMARTS) is 1. The molecule has 8 heteroatoms. The third-order valence-corrected chi connectivity index (χ3v) is 2.68. The van der Waals surface area contributed by atoms with E-state index >= 15 is 0 Å². The summed E-state index contributed by atoms with van der Waals surface area (Å²) in [6, 6.07) is 3.31. The highest BCUT2D eigenvalue weighted by Gasteiger charge is 2.22. The van der Waals surface area contributed by atoms with E-state index in [0.29, 0.717) is 0 Å². The van der Waals surface area contributed by atoms with Gasteiger partial charge in [0.15, 0.2) is 11.9 Å². The number of ketones is 1. The number of aliphatic hydroxyl groups is 1. The van der Waals surface area contributed by atoms with Gasteiger partial charge in [0.1, 0.15) is 0 Å². The van der Waals surface area contributed by atoms with E-state index in [4.69, 9.17) is 16.7 Å². The number of aliphatic carboxylic acids is 1. The van der Waals surface area contributed by atoms with Crippen LogP contribution in [0.4, 0.5) is 5.69 Å². The van der Waals surface area contributed by atoms with E-state index in [1.165, 1.54) is 0 Å². The molecular weight excluding hydrogens is 278 g/mol.